The van der Waals surface area contributed by atoms with Crippen LogP contribution in [-0.2, 0) is 22.1 Å². The fourth-order valence-corrected chi connectivity index (χ4v) is 1.65. The number of amides is 1. The first-order valence-electron chi connectivity index (χ1n) is 5.60. The van der Waals surface area contributed by atoms with Gasteiger partial charge in [0.25, 0.3) is 5.91 Å². The lowest BCUT2D eigenvalue weighted by Gasteiger charge is -2.07. The molecule has 0 saturated carbocycles. The smallest absolute Gasteiger partial charge is 0.257 e. The average Bonchev–Trinajstić information content (AvgIpc) is 2.36. The van der Waals surface area contributed by atoms with Crippen LogP contribution < -0.4 is 15.8 Å². The van der Waals surface area contributed by atoms with Crippen LogP contribution in [0.4, 0.5) is 0 Å². The van der Waals surface area contributed by atoms with Crippen LogP contribution in [0.3, 0.4) is 0 Å². The lowest BCUT2D eigenvalue weighted by atomic mass is 10.2. The maximum absolute atomic E-state index is 11.4. The van der Waals surface area contributed by atoms with E-state index in [1.165, 1.54) is 0 Å². The molecule has 1 amide bonds. The largest absolute Gasteiger partial charge is 0.484 e. The van der Waals surface area contributed by atoms with Gasteiger partial charge in [-0.05, 0) is 17.7 Å². The van der Waals surface area contributed by atoms with E-state index < -0.39 is 10.8 Å². The molecular weight excluding hydrogens is 252 g/mol. The summed E-state index contributed by atoms with van der Waals surface area (Å²) < 4.78 is 16.1. The molecule has 0 spiro atoms. The topological polar surface area (TPSA) is 81.4 Å². The molecule has 1 rings (SSSR count). The monoisotopic (exact) mass is 270 g/mol. The first-order chi connectivity index (χ1) is 8.61. The Bertz CT molecular complexity index is 406. The van der Waals surface area contributed by atoms with Gasteiger partial charge in [0.2, 0.25) is 0 Å². The highest BCUT2D eigenvalue weighted by Gasteiger charge is 2.02. The fraction of sp³-hybridized carbons (Fsp3) is 0.417. The highest BCUT2D eigenvalue weighted by Crippen LogP contribution is 2.11. The molecule has 0 bridgehead atoms. The summed E-state index contributed by atoms with van der Waals surface area (Å²) in [6.07, 6.45) is 1.60. The summed E-state index contributed by atoms with van der Waals surface area (Å²) in [5.74, 6) is 0.862. The molecule has 1 atom stereocenters. The van der Waals surface area contributed by atoms with Gasteiger partial charge in [0.1, 0.15) is 5.75 Å². The number of hydrogen-bond donors (Lipinski definition) is 2. The Labute approximate surface area is 109 Å². The molecule has 0 fully saturated rings. The van der Waals surface area contributed by atoms with Gasteiger partial charge in [0, 0.05) is 35.9 Å². The van der Waals surface area contributed by atoms with Gasteiger partial charge in [0.15, 0.2) is 6.61 Å². The van der Waals surface area contributed by atoms with E-state index in [-0.39, 0.29) is 12.5 Å². The third kappa shape index (κ3) is 5.79. The number of carbonyl (C=O) groups is 1. The summed E-state index contributed by atoms with van der Waals surface area (Å²) in [5.41, 5.74) is 6.48. The number of nitrogens with two attached hydrogens (primary N) is 1. The molecule has 100 valence electrons. The van der Waals surface area contributed by atoms with E-state index in [2.05, 4.69) is 5.32 Å². The minimum atomic E-state index is -0.893. The first kappa shape index (κ1) is 14.7. The molecule has 1 unspecified atom stereocenters. The standard InChI is InChI=1S/C12H18N2O3S/c1-18(16)7-6-14-12(15)9-17-11-4-2-10(8-13)3-5-11/h2-5H,6-9,13H2,1H3,(H,14,15). The number of benzene rings is 1. The fourth-order valence-electron chi connectivity index (χ4n) is 1.26. The van der Waals surface area contributed by atoms with Crippen LogP contribution in [0.1, 0.15) is 5.56 Å². The Morgan fingerprint density at radius 2 is 2.06 bits per heavy atom. The maximum Gasteiger partial charge on any atom is 0.257 e. The van der Waals surface area contributed by atoms with Gasteiger partial charge in [-0.15, -0.1) is 0 Å². The van der Waals surface area contributed by atoms with Gasteiger partial charge in [-0.25, -0.2) is 0 Å². The second-order valence-electron chi connectivity index (χ2n) is 3.76. The molecule has 0 aliphatic heterocycles. The Morgan fingerprint density at radius 3 is 2.61 bits per heavy atom. The van der Waals surface area contributed by atoms with E-state index in [1.54, 1.807) is 18.4 Å². The Kier molecular flexibility index (Phi) is 6.38. The third-order valence-corrected chi connectivity index (χ3v) is 3.02. The molecular formula is C12H18N2O3S. The molecule has 1 aromatic carbocycles. The number of nitrogens with one attached hydrogen (secondary N) is 1. The predicted molar refractivity (Wildman–Crippen MR) is 71.8 cm³/mol. The molecule has 0 aliphatic carbocycles. The van der Waals surface area contributed by atoms with Crippen molar-refractivity contribution in [2.24, 2.45) is 5.73 Å². The van der Waals surface area contributed by atoms with E-state index in [9.17, 15) is 9.00 Å². The van der Waals surface area contributed by atoms with Crippen molar-refractivity contribution in [2.75, 3.05) is 25.2 Å². The molecule has 0 aromatic heterocycles. The Morgan fingerprint density at radius 1 is 1.39 bits per heavy atom. The van der Waals surface area contributed by atoms with Gasteiger partial charge in [-0.3, -0.25) is 9.00 Å². The lowest BCUT2D eigenvalue weighted by Crippen LogP contribution is -2.31. The van der Waals surface area contributed by atoms with Crippen LogP contribution in [0.5, 0.6) is 5.75 Å². The van der Waals surface area contributed by atoms with Crippen molar-refractivity contribution < 1.29 is 13.7 Å². The van der Waals surface area contributed by atoms with Crippen LogP contribution in [0.2, 0.25) is 0 Å². The summed E-state index contributed by atoms with van der Waals surface area (Å²) in [6.45, 7) is 0.838. The maximum atomic E-state index is 11.4. The summed E-state index contributed by atoms with van der Waals surface area (Å²) in [6, 6.07) is 7.26. The van der Waals surface area contributed by atoms with Crippen molar-refractivity contribution in [3.05, 3.63) is 29.8 Å². The Balaban J connectivity index is 2.26. The normalized spacial score (nSPS) is 11.9. The molecule has 0 heterocycles. The third-order valence-electron chi connectivity index (χ3n) is 2.24. The predicted octanol–water partition coefficient (Wildman–Crippen LogP) is 0.0188. The van der Waals surface area contributed by atoms with Crippen LogP contribution in [-0.4, -0.2) is 35.3 Å². The van der Waals surface area contributed by atoms with Crippen molar-refractivity contribution in [1.29, 1.82) is 0 Å². The van der Waals surface area contributed by atoms with E-state index in [0.29, 0.717) is 24.6 Å². The van der Waals surface area contributed by atoms with E-state index in [0.717, 1.165) is 5.56 Å². The van der Waals surface area contributed by atoms with Crippen LogP contribution in [0.25, 0.3) is 0 Å². The number of carbonyl (C=O) groups excluding carboxylic acids is 1. The summed E-state index contributed by atoms with van der Waals surface area (Å²) in [4.78, 5) is 11.4. The molecule has 0 radical (unpaired) electrons. The highest BCUT2D eigenvalue weighted by molar-refractivity contribution is 7.84. The highest BCUT2D eigenvalue weighted by atomic mass is 32.2. The Hall–Kier alpha value is -1.40. The van der Waals surface area contributed by atoms with Gasteiger partial charge < -0.3 is 15.8 Å². The van der Waals surface area contributed by atoms with Crippen LogP contribution in [0.15, 0.2) is 24.3 Å². The van der Waals surface area contributed by atoms with Crippen molar-refractivity contribution in [1.82, 2.24) is 5.32 Å². The van der Waals surface area contributed by atoms with Crippen molar-refractivity contribution in [3.63, 3.8) is 0 Å². The number of hydrogen-bond acceptors (Lipinski definition) is 4. The zero-order valence-corrected chi connectivity index (χ0v) is 11.2. The van der Waals surface area contributed by atoms with Crippen molar-refractivity contribution in [3.8, 4) is 5.75 Å². The molecule has 1 aromatic rings. The molecule has 0 saturated heterocycles. The first-order valence-corrected chi connectivity index (χ1v) is 7.33. The molecule has 6 heteroatoms. The van der Waals surface area contributed by atoms with E-state index in [1.807, 2.05) is 12.1 Å². The summed E-state index contributed by atoms with van der Waals surface area (Å²) in [5, 5.41) is 2.63. The molecule has 3 N–H and O–H groups in total. The van der Waals surface area contributed by atoms with Crippen LogP contribution >= 0.6 is 0 Å². The minimum Gasteiger partial charge on any atom is -0.484 e. The van der Waals surface area contributed by atoms with E-state index >= 15 is 0 Å². The van der Waals surface area contributed by atoms with Crippen LogP contribution in [0, 0.1) is 0 Å². The van der Waals surface area contributed by atoms with E-state index in [4.69, 9.17) is 10.5 Å². The van der Waals surface area contributed by atoms with Crippen molar-refractivity contribution >= 4 is 16.7 Å². The second-order valence-corrected chi connectivity index (χ2v) is 5.32. The molecule has 0 aliphatic rings. The quantitative estimate of drug-likeness (QED) is 0.732. The molecule has 5 nitrogen and oxygen atoms in total. The van der Waals surface area contributed by atoms with Gasteiger partial charge in [0.05, 0.1) is 0 Å². The second kappa shape index (κ2) is 7.84. The van der Waals surface area contributed by atoms with Gasteiger partial charge in [-0.1, -0.05) is 12.1 Å². The summed E-state index contributed by atoms with van der Waals surface area (Å²) >= 11 is 0. The average molecular weight is 270 g/mol. The van der Waals surface area contributed by atoms with Gasteiger partial charge in [-0.2, -0.15) is 0 Å². The number of rotatable bonds is 7. The minimum absolute atomic E-state index is 0.0433. The SMILES string of the molecule is CS(=O)CCNC(=O)COc1ccc(CN)cc1. The van der Waals surface area contributed by atoms with Crippen molar-refractivity contribution in [2.45, 2.75) is 6.54 Å². The molecule has 18 heavy (non-hydrogen) atoms. The van der Waals surface area contributed by atoms with Gasteiger partial charge >= 0.3 is 0 Å². The zero-order valence-electron chi connectivity index (χ0n) is 10.3. The summed E-state index contributed by atoms with van der Waals surface area (Å²) in [7, 11) is -0.893. The zero-order chi connectivity index (χ0) is 13.4. The number of ether oxygens (including phenoxy) is 1. The lowest BCUT2D eigenvalue weighted by molar-refractivity contribution is -0.122.